The van der Waals surface area contributed by atoms with Crippen LogP contribution in [0.25, 0.3) is 0 Å². The molecule has 5 nitrogen and oxygen atoms in total. The van der Waals surface area contributed by atoms with Crippen molar-refractivity contribution in [2.75, 3.05) is 10.8 Å². The summed E-state index contributed by atoms with van der Waals surface area (Å²) in [6.07, 6.45) is 0. The molecule has 0 saturated heterocycles. The largest absolute Gasteiger partial charge is 0.548 e. The molecule has 0 N–H and O–H groups in total. The minimum atomic E-state index is -3.97. The molecule has 0 heterocycles. The highest BCUT2D eigenvalue weighted by molar-refractivity contribution is 7.92. The number of nitrogens with zero attached hydrogens (tertiary/aromatic N) is 1. The summed E-state index contributed by atoms with van der Waals surface area (Å²) in [5, 5.41) is 11.0. The summed E-state index contributed by atoms with van der Waals surface area (Å²) in [6, 6.07) is 14.5. The highest BCUT2D eigenvalue weighted by Crippen LogP contribution is 2.25. The predicted octanol–water partition coefficient (Wildman–Crippen LogP) is 1.76. The minimum absolute atomic E-state index is 0.0363. The van der Waals surface area contributed by atoms with Crippen molar-refractivity contribution in [2.24, 2.45) is 0 Å². The van der Waals surface area contributed by atoms with Gasteiger partial charge >= 0.3 is 0 Å². The van der Waals surface area contributed by atoms with Gasteiger partial charge in [-0.15, -0.1) is 0 Å². The molecule has 0 aliphatic carbocycles. The van der Waals surface area contributed by atoms with Crippen LogP contribution in [-0.4, -0.2) is 20.9 Å². The molecule has 122 valence electrons. The van der Waals surface area contributed by atoms with Crippen LogP contribution >= 0.6 is 0 Å². The molecule has 0 radical (unpaired) electrons. The Balaban J connectivity index is 2.47. The van der Waals surface area contributed by atoms with Gasteiger partial charge in [-0.2, -0.15) is 0 Å². The zero-order valence-corrected chi connectivity index (χ0v) is 13.8. The molecule has 6 heteroatoms. The monoisotopic (exact) mass is 332 g/mol. The number of carbonyl (C=O) groups excluding carboxylic acids is 1. The zero-order chi connectivity index (χ0) is 17.0. The number of hydrogen-bond acceptors (Lipinski definition) is 4. The van der Waals surface area contributed by atoms with Gasteiger partial charge in [0.15, 0.2) is 0 Å². The highest BCUT2D eigenvalue weighted by Gasteiger charge is 2.24. The molecule has 0 aromatic heterocycles. The second-order valence-corrected chi connectivity index (χ2v) is 7.31. The number of carboxylic acids is 1. The van der Waals surface area contributed by atoms with Gasteiger partial charge in [0, 0.05) is 0 Å². The average Bonchev–Trinajstić information content (AvgIpc) is 2.53. The fraction of sp³-hybridized carbons (Fsp3) is 0.235. The Morgan fingerprint density at radius 3 is 2.09 bits per heavy atom. The van der Waals surface area contributed by atoms with Crippen molar-refractivity contribution in [3.63, 3.8) is 0 Å². The summed E-state index contributed by atoms with van der Waals surface area (Å²) < 4.78 is 26.3. The molecule has 0 spiro atoms. The molecule has 23 heavy (non-hydrogen) atoms. The van der Waals surface area contributed by atoms with Gasteiger partial charge < -0.3 is 9.90 Å². The van der Waals surface area contributed by atoms with Crippen LogP contribution in [0.3, 0.4) is 0 Å². The van der Waals surface area contributed by atoms with Crippen LogP contribution in [0.4, 0.5) is 5.69 Å². The Kier molecular flexibility index (Phi) is 5.05. The number of benzene rings is 2. The molecule has 0 aliphatic rings. The van der Waals surface area contributed by atoms with Crippen molar-refractivity contribution >= 4 is 21.7 Å². The van der Waals surface area contributed by atoms with Gasteiger partial charge in [0.2, 0.25) is 0 Å². The van der Waals surface area contributed by atoms with E-state index in [2.05, 4.69) is 0 Å². The average molecular weight is 332 g/mol. The molecule has 0 amide bonds. The third-order valence-electron chi connectivity index (χ3n) is 3.45. The first-order valence-electron chi connectivity index (χ1n) is 7.20. The maximum atomic E-state index is 12.7. The van der Waals surface area contributed by atoms with Gasteiger partial charge in [-0.1, -0.05) is 44.2 Å². The number of rotatable bonds is 6. The topological polar surface area (TPSA) is 77.5 Å². The van der Waals surface area contributed by atoms with Crippen LogP contribution in [0.15, 0.2) is 59.5 Å². The van der Waals surface area contributed by atoms with E-state index in [9.17, 15) is 18.3 Å². The van der Waals surface area contributed by atoms with Crippen molar-refractivity contribution in [1.29, 1.82) is 0 Å². The Labute approximate surface area is 136 Å². The summed E-state index contributed by atoms with van der Waals surface area (Å²) in [5.41, 5.74) is 1.33. The van der Waals surface area contributed by atoms with Crippen LogP contribution < -0.4 is 9.41 Å². The number of hydrogen-bond donors (Lipinski definition) is 0. The lowest BCUT2D eigenvalue weighted by Crippen LogP contribution is -2.41. The van der Waals surface area contributed by atoms with Gasteiger partial charge in [0.1, 0.15) is 0 Å². The quantitative estimate of drug-likeness (QED) is 0.807. The summed E-state index contributed by atoms with van der Waals surface area (Å²) in [6.45, 7) is 3.31. The van der Waals surface area contributed by atoms with Crippen LogP contribution in [0.2, 0.25) is 0 Å². The number of anilines is 1. The third-order valence-corrected chi connectivity index (χ3v) is 5.24. The Morgan fingerprint density at radius 1 is 1.04 bits per heavy atom. The van der Waals surface area contributed by atoms with E-state index in [1.165, 1.54) is 12.1 Å². The van der Waals surface area contributed by atoms with Crippen molar-refractivity contribution < 1.29 is 18.3 Å². The van der Waals surface area contributed by atoms with E-state index >= 15 is 0 Å². The first kappa shape index (κ1) is 17.0. The lowest BCUT2D eigenvalue weighted by Gasteiger charge is -2.25. The number of aliphatic carboxylic acids is 1. The maximum absolute atomic E-state index is 12.7. The lowest BCUT2D eigenvalue weighted by atomic mass is 10.0. The predicted molar refractivity (Wildman–Crippen MR) is 86.5 cm³/mol. The van der Waals surface area contributed by atoms with Crippen molar-refractivity contribution in [1.82, 2.24) is 0 Å². The molecular weight excluding hydrogens is 314 g/mol. The number of carbonyl (C=O) groups is 1. The van der Waals surface area contributed by atoms with E-state index < -0.39 is 22.5 Å². The van der Waals surface area contributed by atoms with Crippen molar-refractivity contribution in [2.45, 2.75) is 24.7 Å². The minimum Gasteiger partial charge on any atom is -0.548 e. The van der Waals surface area contributed by atoms with E-state index in [1.54, 1.807) is 42.5 Å². The zero-order valence-electron chi connectivity index (χ0n) is 13.0. The van der Waals surface area contributed by atoms with Gasteiger partial charge in [0.25, 0.3) is 10.0 Å². The first-order chi connectivity index (χ1) is 10.8. The normalized spacial score (nSPS) is 11.4. The van der Waals surface area contributed by atoms with Crippen LogP contribution in [0, 0.1) is 0 Å². The lowest BCUT2D eigenvalue weighted by molar-refractivity contribution is -0.303. The molecule has 0 aliphatic heterocycles. The first-order valence-corrected chi connectivity index (χ1v) is 8.64. The molecule has 0 bridgehead atoms. The van der Waals surface area contributed by atoms with Crippen LogP contribution in [0.5, 0.6) is 0 Å². The molecular formula is C17H18NO4S-. The third kappa shape index (κ3) is 3.90. The maximum Gasteiger partial charge on any atom is 0.264 e. The Bertz CT molecular complexity index is 768. The van der Waals surface area contributed by atoms with Crippen LogP contribution in [-0.2, 0) is 14.8 Å². The van der Waals surface area contributed by atoms with Crippen molar-refractivity contribution in [3.05, 3.63) is 60.2 Å². The Hall–Kier alpha value is -2.34. The SMILES string of the molecule is CC(C)c1ccc(N(CC(=O)[O-])S(=O)(=O)c2ccccc2)cc1. The second kappa shape index (κ2) is 6.83. The standard InChI is InChI=1S/C17H19NO4S/c1-13(2)14-8-10-15(11-9-14)18(12-17(19)20)23(21,22)16-6-4-3-5-7-16/h3-11,13H,12H2,1-2H3,(H,19,20)/p-1. The van der Waals surface area contributed by atoms with Gasteiger partial charge in [0.05, 0.1) is 23.1 Å². The van der Waals surface area contributed by atoms with E-state index in [0.717, 1.165) is 9.87 Å². The summed E-state index contributed by atoms with van der Waals surface area (Å²) in [5.74, 6) is -1.16. The number of carboxylic acid groups (broad SMARTS) is 1. The Morgan fingerprint density at radius 2 is 1.61 bits per heavy atom. The molecule has 2 aromatic carbocycles. The molecule has 0 atom stereocenters. The molecule has 2 aromatic rings. The molecule has 0 unspecified atom stereocenters. The van der Waals surface area contributed by atoms with Crippen LogP contribution in [0.1, 0.15) is 25.3 Å². The summed E-state index contributed by atoms with van der Waals surface area (Å²) in [7, 11) is -3.97. The fourth-order valence-electron chi connectivity index (χ4n) is 2.18. The van der Waals surface area contributed by atoms with Gasteiger partial charge in [-0.25, -0.2) is 8.42 Å². The fourth-order valence-corrected chi connectivity index (χ4v) is 3.61. The molecule has 0 fully saturated rings. The van der Waals surface area contributed by atoms with Crippen molar-refractivity contribution in [3.8, 4) is 0 Å². The van der Waals surface area contributed by atoms with Gasteiger partial charge in [-0.3, -0.25) is 4.31 Å². The van der Waals surface area contributed by atoms with Gasteiger partial charge in [-0.05, 0) is 35.7 Å². The summed E-state index contributed by atoms with van der Waals surface area (Å²) in [4.78, 5) is 11.1. The van der Waals surface area contributed by atoms with E-state index in [0.29, 0.717) is 11.6 Å². The summed E-state index contributed by atoms with van der Waals surface area (Å²) >= 11 is 0. The molecule has 2 rings (SSSR count). The smallest absolute Gasteiger partial charge is 0.264 e. The molecule has 0 saturated carbocycles. The van der Waals surface area contributed by atoms with E-state index in [1.807, 2.05) is 13.8 Å². The van der Waals surface area contributed by atoms with E-state index in [4.69, 9.17) is 0 Å². The van der Waals surface area contributed by atoms with E-state index in [-0.39, 0.29) is 4.90 Å². The number of sulfonamides is 1. The highest BCUT2D eigenvalue weighted by atomic mass is 32.2. The second-order valence-electron chi connectivity index (χ2n) is 5.44.